The molecule has 1 aromatic carbocycles. The van der Waals surface area contributed by atoms with Crippen LogP contribution in [-0.4, -0.2) is 50.0 Å². The molecule has 3 aromatic rings. The van der Waals surface area contributed by atoms with Gasteiger partial charge in [-0.05, 0) is 61.4 Å². The van der Waals surface area contributed by atoms with Gasteiger partial charge in [-0.1, -0.05) is 30.7 Å². The molecule has 2 N–H and O–H groups in total. The molecule has 0 radical (unpaired) electrons. The largest absolute Gasteiger partial charge is 0.419 e. The zero-order chi connectivity index (χ0) is 25.3. The number of hydrogen-bond donors (Lipinski definition) is 1. The molecule has 0 aliphatic heterocycles. The Morgan fingerprint density at radius 2 is 1.83 bits per heavy atom. The average Bonchev–Trinajstić information content (AvgIpc) is 3.32. The number of halogens is 1. The van der Waals surface area contributed by atoms with E-state index in [1.165, 1.54) is 17.8 Å². The summed E-state index contributed by atoms with van der Waals surface area (Å²) in [4.78, 5) is 6.67. The van der Waals surface area contributed by atoms with Crippen LogP contribution >= 0.6 is 11.6 Å². The molecule has 188 valence electrons. The van der Waals surface area contributed by atoms with Gasteiger partial charge < -0.3 is 15.1 Å². The van der Waals surface area contributed by atoms with E-state index in [4.69, 9.17) is 21.8 Å². The highest BCUT2D eigenvalue weighted by molar-refractivity contribution is 7.92. The molecule has 1 fully saturated rings. The molecule has 1 saturated carbocycles. The van der Waals surface area contributed by atoms with Crippen LogP contribution in [-0.2, 0) is 16.4 Å². The summed E-state index contributed by atoms with van der Waals surface area (Å²) in [7, 11) is -0.0479. The molecule has 0 amide bonds. The predicted octanol–water partition coefficient (Wildman–Crippen LogP) is 3.91. The van der Waals surface area contributed by atoms with E-state index in [-0.39, 0.29) is 11.6 Å². The van der Waals surface area contributed by atoms with E-state index < -0.39 is 16.1 Å². The Kier molecular flexibility index (Phi) is 7.35. The zero-order valence-electron chi connectivity index (χ0n) is 20.3. The molecule has 0 spiro atoms. The second-order valence-corrected chi connectivity index (χ2v) is 11.9. The Balaban J connectivity index is 1.63. The Bertz CT molecular complexity index is 1280. The second-order valence-electron chi connectivity index (χ2n) is 9.18. The molecular weight excluding hydrogens is 488 g/mol. The molecule has 9 nitrogen and oxygen atoms in total. The van der Waals surface area contributed by atoms with Crippen molar-refractivity contribution >= 4 is 33.3 Å². The summed E-state index contributed by atoms with van der Waals surface area (Å²) in [6.07, 6.45) is 1.69. The van der Waals surface area contributed by atoms with Crippen molar-refractivity contribution in [3.63, 3.8) is 0 Å². The van der Waals surface area contributed by atoms with Crippen molar-refractivity contribution in [3.05, 3.63) is 52.9 Å². The summed E-state index contributed by atoms with van der Waals surface area (Å²) in [6, 6.07) is 10.4. The molecule has 1 aliphatic rings. The van der Waals surface area contributed by atoms with E-state index in [1.54, 1.807) is 13.0 Å². The molecular formula is C24H31ClN6O3S. The number of nitrogens with zero attached hydrogens (tertiary/aromatic N) is 5. The van der Waals surface area contributed by atoms with Crippen LogP contribution in [0.15, 0.2) is 40.8 Å². The van der Waals surface area contributed by atoms with E-state index in [1.807, 2.05) is 42.3 Å². The third kappa shape index (κ3) is 5.94. The number of rotatable bonds is 10. The minimum absolute atomic E-state index is 0.0373. The third-order valence-electron chi connectivity index (χ3n) is 6.45. The highest BCUT2D eigenvalue weighted by Crippen LogP contribution is 2.39. The van der Waals surface area contributed by atoms with Gasteiger partial charge in [0.25, 0.3) is 0 Å². The number of hydrogen-bond acceptors (Lipinski definition) is 8. The van der Waals surface area contributed by atoms with Crippen molar-refractivity contribution in [1.82, 2.24) is 15.2 Å². The lowest BCUT2D eigenvalue weighted by molar-refractivity contribution is 0.457. The quantitative estimate of drug-likeness (QED) is 0.429. The van der Waals surface area contributed by atoms with Crippen LogP contribution in [0.2, 0.25) is 5.02 Å². The van der Waals surface area contributed by atoms with Crippen LogP contribution in [0.25, 0.3) is 11.5 Å². The standard InChI is InChI=1S/C24H31ClN6O3S/c1-5-35(32,33)31(4)22-13-17(12-21(27-22)30(3)14-18-10-15(18)2)23-28-29-24(34-23)20(26)11-16-6-8-19(25)9-7-16/h6-9,12-13,15,18,20H,5,10-11,14,26H2,1-4H3. The third-order valence-corrected chi connectivity index (χ3v) is 8.46. The van der Waals surface area contributed by atoms with Gasteiger partial charge in [0.1, 0.15) is 11.6 Å². The maximum absolute atomic E-state index is 12.5. The molecule has 2 aromatic heterocycles. The summed E-state index contributed by atoms with van der Waals surface area (Å²) in [5.74, 6) is 2.73. The zero-order valence-corrected chi connectivity index (χ0v) is 21.9. The summed E-state index contributed by atoms with van der Waals surface area (Å²) in [5.41, 5.74) is 7.90. The van der Waals surface area contributed by atoms with E-state index in [9.17, 15) is 8.42 Å². The minimum Gasteiger partial charge on any atom is -0.419 e. The van der Waals surface area contributed by atoms with Gasteiger partial charge in [-0.15, -0.1) is 10.2 Å². The predicted molar refractivity (Wildman–Crippen MR) is 138 cm³/mol. The van der Waals surface area contributed by atoms with Gasteiger partial charge in [-0.2, -0.15) is 0 Å². The molecule has 4 rings (SSSR count). The fraction of sp³-hybridized carbons (Fsp3) is 0.458. The summed E-state index contributed by atoms with van der Waals surface area (Å²) in [6.45, 7) is 4.66. The molecule has 35 heavy (non-hydrogen) atoms. The van der Waals surface area contributed by atoms with Crippen LogP contribution in [0, 0.1) is 11.8 Å². The molecule has 3 unspecified atom stereocenters. The molecule has 3 atom stereocenters. The van der Waals surface area contributed by atoms with Gasteiger partial charge in [0.05, 0.1) is 11.8 Å². The number of anilines is 2. The van der Waals surface area contributed by atoms with Crippen LogP contribution in [0.5, 0.6) is 0 Å². The summed E-state index contributed by atoms with van der Waals surface area (Å²) in [5, 5.41) is 9.01. The van der Waals surface area contributed by atoms with Gasteiger partial charge in [0.2, 0.25) is 21.8 Å². The molecule has 1 aliphatic carbocycles. The number of nitrogens with two attached hydrogens (primary N) is 1. The van der Waals surface area contributed by atoms with Gasteiger partial charge >= 0.3 is 0 Å². The molecule has 11 heteroatoms. The Morgan fingerprint density at radius 1 is 1.17 bits per heavy atom. The van der Waals surface area contributed by atoms with Crippen molar-refractivity contribution in [2.75, 3.05) is 35.6 Å². The van der Waals surface area contributed by atoms with E-state index in [0.717, 1.165) is 12.1 Å². The summed E-state index contributed by atoms with van der Waals surface area (Å²) >= 11 is 5.96. The number of benzene rings is 1. The fourth-order valence-corrected chi connectivity index (χ4v) is 4.77. The second kappa shape index (κ2) is 10.1. The van der Waals surface area contributed by atoms with Crippen LogP contribution in [0.1, 0.15) is 37.8 Å². The van der Waals surface area contributed by atoms with Crippen molar-refractivity contribution in [2.24, 2.45) is 17.6 Å². The Hall–Kier alpha value is -2.69. The van der Waals surface area contributed by atoms with Crippen molar-refractivity contribution in [1.29, 1.82) is 0 Å². The topological polar surface area (TPSA) is 118 Å². The van der Waals surface area contributed by atoms with Crippen molar-refractivity contribution < 1.29 is 12.8 Å². The van der Waals surface area contributed by atoms with Crippen molar-refractivity contribution in [2.45, 2.75) is 32.7 Å². The first-order valence-electron chi connectivity index (χ1n) is 11.6. The van der Waals surface area contributed by atoms with Crippen molar-refractivity contribution in [3.8, 4) is 11.5 Å². The lowest BCUT2D eigenvalue weighted by Gasteiger charge is -2.23. The van der Waals surface area contributed by atoms with Gasteiger partial charge in [-0.3, -0.25) is 4.31 Å². The van der Waals surface area contributed by atoms with Crippen LogP contribution < -0.4 is 14.9 Å². The number of sulfonamides is 1. The van der Waals surface area contributed by atoms with Gasteiger partial charge in [0.15, 0.2) is 0 Å². The highest BCUT2D eigenvalue weighted by Gasteiger charge is 2.34. The smallest absolute Gasteiger partial charge is 0.248 e. The van der Waals surface area contributed by atoms with Gasteiger partial charge in [0, 0.05) is 31.2 Å². The Labute approximate surface area is 211 Å². The number of aromatic nitrogens is 3. The first-order valence-corrected chi connectivity index (χ1v) is 13.6. The number of pyridine rings is 1. The minimum atomic E-state index is -3.50. The lowest BCUT2D eigenvalue weighted by Crippen LogP contribution is -2.30. The first-order chi connectivity index (χ1) is 16.6. The normalized spacial score (nSPS) is 18.3. The average molecular weight is 519 g/mol. The first kappa shape index (κ1) is 25.4. The molecule has 0 bridgehead atoms. The monoisotopic (exact) mass is 518 g/mol. The maximum atomic E-state index is 12.5. The lowest BCUT2D eigenvalue weighted by atomic mass is 10.1. The SMILES string of the molecule is CCS(=O)(=O)N(C)c1cc(-c2nnc(C(N)Cc3ccc(Cl)cc3)o2)cc(N(C)CC2CC2C)n1. The van der Waals surface area contributed by atoms with Crippen LogP contribution in [0.4, 0.5) is 11.6 Å². The van der Waals surface area contributed by atoms with E-state index >= 15 is 0 Å². The highest BCUT2D eigenvalue weighted by atomic mass is 35.5. The van der Waals surface area contributed by atoms with Gasteiger partial charge in [-0.25, -0.2) is 13.4 Å². The Morgan fingerprint density at radius 3 is 2.46 bits per heavy atom. The molecule has 2 heterocycles. The maximum Gasteiger partial charge on any atom is 0.248 e. The van der Waals surface area contributed by atoms with E-state index in [0.29, 0.717) is 46.4 Å². The molecule has 0 saturated heterocycles. The van der Waals surface area contributed by atoms with E-state index in [2.05, 4.69) is 22.1 Å². The fourth-order valence-electron chi connectivity index (χ4n) is 3.88. The summed E-state index contributed by atoms with van der Waals surface area (Å²) < 4.78 is 32.2. The van der Waals surface area contributed by atoms with Crippen LogP contribution in [0.3, 0.4) is 0 Å².